The Hall–Kier alpha value is -0.170. The summed E-state index contributed by atoms with van der Waals surface area (Å²) in [6.45, 7) is 3.26. The molecule has 0 atom stereocenters. The maximum Gasteiger partial charge on any atom is 0.214 e. The quantitative estimate of drug-likeness (QED) is 0.693. The number of nitrogens with one attached hydrogen (secondary N) is 1. The van der Waals surface area contributed by atoms with Crippen molar-refractivity contribution in [1.29, 1.82) is 0 Å². The third-order valence-electron chi connectivity index (χ3n) is 2.85. The Morgan fingerprint density at radius 1 is 1.38 bits per heavy atom. The molecule has 1 N–H and O–H groups in total. The second-order valence-electron chi connectivity index (χ2n) is 4.30. The Labute approximate surface area is 98.2 Å². The van der Waals surface area contributed by atoms with Crippen LogP contribution < -0.4 is 5.32 Å². The lowest BCUT2D eigenvalue weighted by molar-refractivity contribution is -0.00931. The number of nitrogens with zero attached hydrogens (tertiary/aromatic N) is 1. The third-order valence-corrected chi connectivity index (χ3v) is 4.68. The van der Waals surface area contributed by atoms with Gasteiger partial charge in [-0.1, -0.05) is 0 Å². The van der Waals surface area contributed by atoms with E-state index >= 15 is 0 Å². The highest BCUT2D eigenvalue weighted by atomic mass is 32.2. The predicted octanol–water partition coefficient (Wildman–Crippen LogP) is 0.0349. The van der Waals surface area contributed by atoms with E-state index < -0.39 is 10.0 Å². The van der Waals surface area contributed by atoms with Gasteiger partial charge in [0.2, 0.25) is 10.0 Å². The van der Waals surface area contributed by atoms with E-state index in [0.717, 1.165) is 19.4 Å². The number of hydrogen-bond acceptors (Lipinski definition) is 4. The van der Waals surface area contributed by atoms with Crippen LogP contribution in [0.3, 0.4) is 0 Å². The van der Waals surface area contributed by atoms with Crippen molar-refractivity contribution in [3.05, 3.63) is 0 Å². The lowest BCUT2D eigenvalue weighted by Crippen LogP contribution is -2.47. The standard InChI is InChI=1S/C10H22N2O3S/c1-4-15-10-7-9(8-10)11-5-6-16(13,14)12(2)3/h9-11H,4-8H2,1-3H3. The normalized spacial score (nSPS) is 25.8. The van der Waals surface area contributed by atoms with Crippen LogP contribution in [0.1, 0.15) is 19.8 Å². The molecule has 5 nitrogen and oxygen atoms in total. The molecule has 0 bridgehead atoms. The van der Waals surface area contributed by atoms with Crippen LogP contribution in [-0.2, 0) is 14.8 Å². The summed E-state index contributed by atoms with van der Waals surface area (Å²) >= 11 is 0. The van der Waals surface area contributed by atoms with Crippen LogP contribution in [0.5, 0.6) is 0 Å². The molecule has 1 saturated carbocycles. The van der Waals surface area contributed by atoms with Crippen LogP contribution in [0, 0.1) is 0 Å². The van der Waals surface area contributed by atoms with Gasteiger partial charge in [0.1, 0.15) is 0 Å². The van der Waals surface area contributed by atoms with Gasteiger partial charge in [0, 0.05) is 33.3 Å². The lowest BCUT2D eigenvalue weighted by Gasteiger charge is -2.35. The Kier molecular flexibility index (Phi) is 5.17. The molecule has 0 aliphatic heterocycles. The average Bonchev–Trinajstić information content (AvgIpc) is 2.13. The summed E-state index contributed by atoms with van der Waals surface area (Å²) in [5.74, 6) is 0.163. The zero-order valence-corrected chi connectivity index (χ0v) is 11.1. The van der Waals surface area contributed by atoms with E-state index in [0.29, 0.717) is 18.7 Å². The summed E-state index contributed by atoms with van der Waals surface area (Å²) in [7, 11) is 0.0565. The summed E-state index contributed by atoms with van der Waals surface area (Å²) < 4.78 is 29.6. The first-order valence-corrected chi connectivity index (χ1v) is 7.31. The van der Waals surface area contributed by atoms with Gasteiger partial charge in [0.15, 0.2) is 0 Å². The van der Waals surface area contributed by atoms with Gasteiger partial charge in [-0.2, -0.15) is 0 Å². The predicted molar refractivity (Wildman–Crippen MR) is 63.9 cm³/mol. The fraction of sp³-hybridized carbons (Fsp3) is 1.00. The Balaban J connectivity index is 2.10. The molecular weight excluding hydrogens is 228 g/mol. The second kappa shape index (κ2) is 5.95. The van der Waals surface area contributed by atoms with Gasteiger partial charge in [-0.25, -0.2) is 12.7 Å². The van der Waals surface area contributed by atoms with Gasteiger partial charge in [0.25, 0.3) is 0 Å². The third kappa shape index (κ3) is 4.01. The SMILES string of the molecule is CCOC1CC(NCCS(=O)(=O)N(C)C)C1. The Morgan fingerprint density at radius 2 is 2.00 bits per heavy atom. The van der Waals surface area contributed by atoms with Crippen molar-refractivity contribution < 1.29 is 13.2 Å². The van der Waals surface area contributed by atoms with Crippen molar-refractivity contribution in [3.63, 3.8) is 0 Å². The molecule has 6 heteroatoms. The van der Waals surface area contributed by atoms with Crippen LogP contribution in [-0.4, -0.2) is 57.9 Å². The molecule has 0 unspecified atom stereocenters. The van der Waals surface area contributed by atoms with E-state index in [1.807, 2.05) is 6.92 Å². The van der Waals surface area contributed by atoms with Crippen molar-refractivity contribution in [2.24, 2.45) is 0 Å². The number of ether oxygens (including phenoxy) is 1. The fourth-order valence-electron chi connectivity index (χ4n) is 1.68. The molecule has 1 aliphatic rings. The zero-order chi connectivity index (χ0) is 12.2. The van der Waals surface area contributed by atoms with Crippen LogP contribution in [0.15, 0.2) is 0 Å². The van der Waals surface area contributed by atoms with Crippen molar-refractivity contribution in [2.45, 2.75) is 31.9 Å². The molecule has 0 radical (unpaired) electrons. The highest BCUT2D eigenvalue weighted by Gasteiger charge is 2.29. The van der Waals surface area contributed by atoms with Gasteiger partial charge >= 0.3 is 0 Å². The van der Waals surface area contributed by atoms with E-state index in [9.17, 15) is 8.42 Å². The molecule has 0 saturated heterocycles. The maximum atomic E-state index is 11.4. The maximum absolute atomic E-state index is 11.4. The topological polar surface area (TPSA) is 58.6 Å². The van der Waals surface area contributed by atoms with Crippen LogP contribution >= 0.6 is 0 Å². The number of hydrogen-bond donors (Lipinski definition) is 1. The van der Waals surface area contributed by atoms with E-state index in [2.05, 4.69) is 5.32 Å². The number of rotatable bonds is 7. The monoisotopic (exact) mass is 250 g/mol. The van der Waals surface area contributed by atoms with Gasteiger partial charge < -0.3 is 10.1 Å². The minimum atomic E-state index is -3.06. The Bertz CT molecular complexity index is 297. The highest BCUT2D eigenvalue weighted by Crippen LogP contribution is 2.22. The van der Waals surface area contributed by atoms with Crippen LogP contribution in [0.4, 0.5) is 0 Å². The van der Waals surface area contributed by atoms with E-state index in [1.165, 1.54) is 4.31 Å². The first-order valence-electron chi connectivity index (χ1n) is 5.71. The molecule has 1 aliphatic carbocycles. The van der Waals surface area contributed by atoms with Crippen molar-refractivity contribution >= 4 is 10.0 Å². The first kappa shape index (κ1) is 13.9. The average molecular weight is 250 g/mol. The molecule has 16 heavy (non-hydrogen) atoms. The molecule has 0 spiro atoms. The second-order valence-corrected chi connectivity index (χ2v) is 6.60. The van der Waals surface area contributed by atoms with E-state index in [-0.39, 0.29) is 5.75 Å². The summed E-state index contributed by atoms with van der Waals surface area (Å²) in [5.41, 5.74) is 0. The van der Waals surface area contributed by atoms with Gasteiger partial charge in [-0.15, -0.1) is 0 Å². The molecule has 0 amide bonds. The largest absolute Gasteiger partial charge is 0.378 e. The number of sulfonamides is 1. The van der Waals surface area contributed by atoms with Crippen molar-refractivity contribution in [2.75, 3.05) is 33.0 Å². The summed E-state index contributed by atoms with van der Waals surface area (Å²) in [6, 6.07) is 0.425. The molecule has 0 aromatic heterocycles. The molecule has 0 aromatic rings. The molecule has 96 valence electrons. The van der Waals surface area contributed by atoms with Crippen molar-refractivity contribution in [1.82, 2.24) is 9.62 Å². The van der Waals surface area contributed by atoms with Crippen molar-refractivity contribution in [3.8, 4) is 0 Å². The molecule has 0 heterocycles. The molecule has 0 aromatic carbocycles. The van der Waals surface area contributed by atoms with E-state index in [4.69, 9.17) is 4.74 Å². The van der Waals surface area contributed by atoms with Crippen LogP contribution in [0.25, 0.3) is 0 Å². The molecule has 1 rings (SSSR count). The van der Waals surface area contributed by atoms with Gasteiger partial charge in [-0.05, 0) is 19.8 Å². The molecular formula is C10H22N2O3S. The minimum absolute atomic E-state index is 0.163. The van der Waals surface area contributed by atoms with Crippen LogP contribution in [0.2, 0.25) is 0 Å². The first-order chi connectivity index (χ1) is 7.45. The highest BCUT2D eigenvalue weighted by molar-refractivity contribution is 7.89. The van der Waals surface area contributed by atoms with Gasteiger partial charge in [0.05, 0.1) is 11.9 Å². The summed E-state index contributed by atoms with van der Waals surface area (Å²) in [5, 5.41) is 3.23. The lowest BCUT2D eigenvalue weighted by atomic mass is 9.89. The molecule has 1 fully saturated rings. The smallest absolute Gasteiger partial charge is 0.214 e. The van der Waals surface area contributed by atoms with E-state index in [1.54, 1.807) is 14.1 Å². The Morgan fingerprint density at radius 3 is 2.50 bits per heavy atom. The summed E-state index contributed by atoms with van der Waals surface area (Å²) in [6.07, 6.45) is 2.36. The zero-order valence-electron chi connectivity index (χ0n) is 10.3. The summed E-state index contributed by atoms with van der Waals surface area (Å²) in [4.78, 5) is 0. The minimum Gasteiger partial charge on any atom is -0.378 e. The fourth-order valence-corrected chi connectivity index (χ4v) is 2.42. The van der Waals surface area contributed by atoms with Gasteiger partial charge in [-0.3, -0.25) is 0 Å².